The molecule has 1 atom stereocenters. The molecular weight excluding hydrogens is 260 g/mol. The van der Waals surface area contributed by atoms with Crippen LogP contribution in [0.1, 0.15) is 18.9 Å². The van der Waals surface area contributed by atoms with Crippen LogP contribution in [-0.2, 0) is 16.1 Å². The molecule has 15 heavy (non-hydrogen) atoms. The average molecular weight is 273 g/mol. The van der Waals surface area contributed by atoms with E-state index in [1.807, 2.05) is 24.3 Å². The van der Waals surface area contributed by atoms with Crippen LogP contribution in [0.3, 0.4) is 0 Å². The van der Waals surface area contributed by atoms with Gasteiger partial charge < -0.3 is 9.84 Å². The van der Waals surface area contributed by atoms with E-state index < -0.39 is 5.97 Å². The van der Waals surface area contributed by atoms with Gasteiger partial charge in [-0.3, -0.25) is 4.79 Å². The van der Waals surface area contributed by atoms with Crippen LogP contribution in [0.25, 0.3) is 0 Å². The van der Waals surface area contributed by atoms with Crippen LogP contribution in [0.2, 0.25) is 0 Å². The molecule has 0 aliphatic heterocycles. The van der Waals surface area contributed by atoms with Crippen molar-refractivity contribution in [3.8, 4) is 0 Å². The van der Waals surface area contributed by atoms with Crippen LogP contribution in [0.5, 0.6) is 0 Å². The summed E-state index contributed by atoms with van der Waals surface area (Å²) in [5.74, 6) is -0.835. The maximum absolute atomic E-state index is 10.4. The molecule has 1 aromatic rings. The summed E-state index contributed by atoms with van der Waals surface area (Å²) in [6, 6.07) is 7.75. The Morgan fingerprint density at radius 3 is 2.60 bits per heavy atom. The first-order valence-corrected chi connectivity index (χ1v) is 5.45. The highest BCUT2D eigenvalue weighted by molar-refractivity contribution is 9.10. The fraction of sp³-hybridized carbons (Fsp3) is 0.364. The topological polar surface area (TPSA) is 46.5 Å². The van der Waals surface area contributed by atoms with Crippen LogP contribution in [0.4, 0.5) is 0 Å². The molecular formula is C11H13BrO3. The zero-order chi connectivity index (χ0) is 11.3. The maximum Gasteiger partial charge on any atom is 0.305 e. The molecule has 0 spiro atoms. The second-order valence-electron chi connectivity index (χ2n) is 3.35. The van der Waals surface area contributed by atoms with E-state index >= 15 is 0 Å². The fourth-order valence-electron chi connectivity index (χ4n) is 1.12. The van der Waals surface area contributed by atoms with E-state index in [2.05, 4.69) is 15.9 Å². The Bertz CT molecular complexity index is 321. The van der Waals surface area contributed by atoms with Gasteiger partial charge in [0.15, 0.2) is 0 Å². The number of hydrogen-bond donors (Lipinski definition) is 1. The number of aliphatic carboxylic acids is 1. The van der Waals surface area contributed by atoms with Crippen LogP contribution < -0.4 is 0 Å². The first-order chi connectivity index (χ1) is 7.08. The molecule has 0 heterocycles. The van der Waals surface area contributed by atoms with Gasteiger partial charge >= 0.3 is 5.97 Å². The Kier molecular flexibility index (Phi) is 4.78. The summed E-state index contributed by atoms with van der Waals surface area (Å²) in [5, 5.41) is 8.53. The van der Waals surface area contributed by atoms with Crippen molar-refractivity contribution in [1.29, 1.82) is 0 Å². The van der Waals surface area contributed by atoms with Gasteiger partial charge in [-0.15, -0.1) is 0 Å². The number of carbonyl (C=O) groups is 1. The molecule has 1 rings (SSSR count). The molecule has 0 radical (unpaired) electrons. The van der Waals surface area contributed by atoms with Gasteiger partial charge in [0, 0.05) is 4.47 Å². The minimum atomic E-state index is -0.835. The molecule has 0 bridgehead atoms. The van der Waals surface area contributed by atoms with Gasteiger partial charge in [0.2, 0.25) is 0 Å². The zero-order valence-corrected chi connectivity index (χ0v) is 10.0. The van der Waals surface area contributed by atoms with E-state index in [1.54, 1.807) is 6.92 Å². The first-order valence-electron chi connectivity index (χ1n) is 4.66. The van der Waals surface area contributed by atoms with Crippen LogP contribution in [0, 0.1) is 0 Å². The molecule has 0 unspecified atom stereocenters. The molecule has 0 aliphatic carbocycles. The minimum Gasteiger partial charge on any atom is -0.481 e. The molecule has 1 N–H and O–H groups in total. The smallest absolute Gasteiger partial charge is 0.305 e. The fourth-order valence-corrected chi connectivity index (χ4v) is 1.39. The Morgan fingerprint density at radius 2 is 2.07 bits per heavy atom. The second kappa shape index (κ2) is 5.88. The predicted octanol–water partition coefficient (Wildman–Crippen LogP) is 2.83. The summed E-state index contributed by atoms with van der Waals surface area (Å²) in [4.78, 5) is 10.4. The number of rotatable bonds is 5. The number of ether oxygens (including phenoxy) is 1. The van der Waals surface area contributed by atoms with Crippen LogP contribution >= 0.6 is 15.9 Å². The highest BCUT2D eigenvalue weighted by atomic mass is 79.9. The minimum absolute atomic E-state index is 0.0382. The summed E-state index contributed by atoms with van der Waals surface area (Å²) in [7, 11) is 0. The Labute approximate surface area is 97.2 Å². The van der Waals surface area contributed by atoms with Crippen molar-refractivity contribution >= 4 is 21.9 Å². The quantitative estimate of drug-likeness (QED) is 0.897. The molecule has 3 nitrogen and oxygen atoms in total. The number of halogens is 1. The number of benzene rings is 1. The Balaban J connectivity index is 2.36. The van der Waals surface area contributed by atoms with Gasteiger partial charge in [0.1, 0.15) is 0 Å². The van der Waals surface area contributed by atoms with Gasteiger partial charge in [-0.1, -0.05) is 28.1 Å². The molecule has 82 valence electrons. The summed E-state index contributed by atoms with van der Waals surface area (Å²) in [5.41, 5.74) is 1.04. The van der Waals surface area contributed by atoms with E-state index in [0.29, 0.717) is 6.61 Å². The third kappa shape index (κ3) is 4.95. The van der Waals surface area contributed by atoms with Crippen molar-refractivity contribution in [2.45, 2.75) is 26.1 Å². The highest BCUT2D eigenvalue weighted by Gasteiger charge is 2.07. The average Bonchev–Trinajstić information content (AvgIpc) is 2.16. The molecule has 0 aliphatic rings. The molecule has 1 aromatic carbocycles. The Morgan fingerprint density at radius 1 is 1.47 bits per heavy atom. The van der Waals surface area contributed by atoms with Crippen molar-refractivity contribution in [2.75, 3.05) is 0 Å². The summed E-state index contributed by atoms with van der Waals surface area (Å²) >= 11 is 3.34. The second-order valence-corrected chi connectivity index (χ2v) is 4.26. The lowest BCUT2D eigenvalue weighted by molar-refractivity contribution is -0.140. The van der Waals surface area contributed by atoms with Crippen LogP contribution in [-0.4, -0.2) is 17.2 Å². The first kappa shape index (κ1) is 12.2. The van der Waals surface area contributed by atoms with Gasteiger partial charge in [-0.25, -0.2) is 0 Å². The number of hydrogen-bond acceptors (Lipinski definition) is 2. The lowest BCUT2D eigenvalue weighted by Crippen LogP contribution is -2.13. The third-order valence-electron chi connectivity index (χ3n) is 1.91. The monoisotopic (exact) mass is 272 g/mol. The third-order valence-corrected chi connectivity index (χ3v) is 2.44. The van der Waals surface area contributed by atoms with E-state index in [4.69, 9.17) is 9.84 Å². The van der Waals surface area contributed by atoms with Crippen LogP contribution in [0.15, 0.2) is 28.7 Å². The molecule has 0 amide bonds. The van der Waals surface area contributed by atoms with E-state index in [9.17, 15) is 4.79 Å². The van der Waals surface area contributed by atoms with Gasteiger partial charge in [0.05, 0.1) is 19.1 Å². The Hall–Kier alpha value is -0.870. The summed E-state index contributed by atoms with van der Waals surface area (Å²) in [6.07, 6.45) is -0.220. The van der Waals surface area contributed by atoms with Crippen molar-refractivity contribution in [3.63, 3.8) is 0 Å². The predicted molar refractivity (Wildman–Crippen MR) is 60.6 cm³/mol. The summed E-state index contributed by atoms with van der Waals surface area (Å²) < 4.78 is 6.40. The van der Waals surface area contributed by atoms with Crippen molar-refractivity contribution < 1.29 is 14.6 Å². The molecule has 4 heteroatoms. The van der Waals surface area contributed by atoms with Crippen molar-refractivity contribution in [3.05, 3.63) is 34.3 Å². The molecule has 0 saturated heterocycles. The van der Waals surface area contributed by atoms with Gasteiger partial charge in [-0.2, -0.15) is 0 Å². The van der Waals surface area contributed by atoms with E-state index in [0.717, 1.165) is 10.0 Å². The standard InChI is InChI=1S/C11H13BrO3/c1-8(6-11(13)14)15-7-9-2-4-10(12)5-3-9/h2-5,8H,6-7H2,1H3,(H,13,14)/t8-/m1/s1. The number of carboxylic acid groups (broad SMARTS) is 1. The lowest BCUT2D eigenvalue weighted by atomic mass is 10.2. The zero-order valence-electron chi connectivity index (χ0n) is 8.44. The molecule has 0 fully saturated rings. The van der Waals surface area contributed by atoms with Crippen molar-refractivity contribution in [2.24, 2.45) is 0 Å². The summed E-state index contributed by atoms with van der Waals surface area (Å²) in [6.45, 7) is 2.20. The van der Waals surface area contributed by atoms with E-state index in [1.165, 1.54) is 0 Å². The van der Waals surface area contributed by atoms with Gasteiger partial charge in [-0.05, 0) is 24.6 Å². The van der Waals surface area contributed by atoms with E-state index in [-0.39, 0.29) is 12.5 Å². The maximum atomic E-state index is 10.4. The largest absolute Gasteiger partial charge is 0.481 e. The normalized spacial score (nSPS) is 12.4. The highest BCUT2D eigenvalue weighted by Crippen LogP contribution is 2.12. The molecule has 0 aromatic heterocycles. The molecule has 0 saturated carbocycles. The van der Waals surface area contributed by atoms with Crippen molar-refractivity contribution in [1.82, 2.24) is 0 Å². The van der Waals surface area contributed by atoms with Gasteiger partial charge in [0.25, 0.3) is 0 Å². The lowest BCUT2D eigenvalue weighted by Gasteiger charge is -2.10. The number of carboxylic acids is 1. The SMILES string of the molecule is C[C@H](CC(=O)O)OCc1ccc(Br)cc1.